The first-order valence-electron chi connectivity index (χ1n) is 7.46. The van der Waals surface area contributed by atoms with Gasteiger partial charge >= 0.3 is 0 Å². The summed E-state index contributed by atoms with van der Waals surface area (Å²) in [5.74, 6) is 0.641. The van der Waals surface area contributed by atoms with Gasteiger partial charge in [0.15, 0.2) is 0 Å². The quantitative estimate of drug-likeness (QED) is 0.839. The number of nitrogens with one attached hydrogen (secondary N) is 1. The van der Waals surface area contributed by atoms with Gasteiger partial charge in [-0.15, -0.1) is 0 Å². The van der Waals surface area contributed by atoms with E-state index in [-0.39, 0.29) is 6.04 Å². The van der Waals surface area contributed by atoms with Crippen molar-refractivity contribution >= 4 is 5.82 Å². The van der Waals surface area contributed by atoms with Crippen molar-refractivity contribution in [2.45, 2.75) is 25.4 Å². The summed E-state index contributed by atoms with van der Waals surface area (Å²) in [4.78, 5) is 9.07. The number of pyridine rings is 1. The van der Waals surface area contributed by atoms with E-state index in [1.165, 1.54) is 0 Å². The van der Waals surface area contributed by atoms with E-state index in [0.29, 0.717) is 11.9 Å². The van der Waals surface area contributed by atoms with E-state index in [2.05, 4.69) is 47.2 Å². The highest BCUT2D eigenvalue weighted by atomic mass is 15.3. The second kappa shape index (κ2) is 7.02. The molecule has 3 N–H and O–H groups in total. The minimum Gasteiger partial charge on any atom is -0.383 e. The maximum Gasteiger partial charge on any atom is 0.128 e. The fourth-order valence-corrected chi connectivity index (χ4v) is 2.85. The maximum atomic E-state index is 6.10. The topological polar surface area (TPSA) is 57.4 Å². The number of nitrogens with two attached hydrogens (primary N) is 1. The number of hydrogen-bond acceptors (Lipinski definition) is 5. The van der Waals surface area contributed by atoms with Crippen molar-refractivity contribution < 1.29 is 0 Å². The average Bonchev–Trinajstić information content (AvgIpc) is 2.44. The molecule has 0 spiro atoms. The molecule has 5 nitrogen and oxygen atoms in total. The van der Waals surface area contributed by atoms with Crippen LogP contribution in [0.1, 0.15) is 24.9 Å². The van der Waals surface area contributed by atoms with Gasteiger partial charge in [0.1, 0.15) is 5.82 Å². The first kappa shape index (κ1) is 15.2. The standard InChI is InChI=1S/C15H27N5/c1-4-7-17-14(12-6-5-8-18-15(12)16)13-11-19(2)9-10-20(13)3/h5-6,8,13-14,17H,4,7,9-11H2,1-3H3,(H2,16,18). The van der Waals surface area contributed by atoms with Gasteiger partial charge in [0, 0.05) is 37.4 Å². The van der Waals surface area contributed by atoms with Gasteiger partial charge in [0.25, 0.3) is 0 Å². The number of nitrogen functional groups attached to an aromatic ring is 1. The molecule has 112 valence electrons. The van der Waals surface area contributed by atoms with E-state index in [9.17, 15) is 0 Å². The van der Waals surface area contributed by atoms with Crippen molar-refractivity contribution in [3.63, 3.8) is 0 Å². The van der Waals surface area contributed by atoms with E-state index in [1.807, 2.05) is 6.07 Å². The minimum absolute atomic E-state index is 0.233. The van der Waals surface area contributed by atoms with Crippen LogP contribution in [-0.2, 0) is 0 Å². The summed E-state index contributed by atoms with van der Waals surface area (Å²) in [5, 5.41) is 3.66. The van der Waals surface area contributed by atoms with Crippen LogP contribution in [0, 0.1) is 0 Å². The lowest BCUT2D eigenvalue weighted by Gasteiger charge is -2.42. The summed E-state index contributed by atoms with van der Waals surface area (Å²) in [7, 11) is 4.38. The SMILES string of the molecule is CCCNC(c1cccnc1N)C1CN(C)CCN1C. The number of anilines is 1. The van der Waals surface area contributed by atoms with Gasteiger partial charge in [-0.1, -0.05) is 13.0 Å². The number of rotatable bonds is 5. The van der Waals surface area contributed by atoms with Gasteiger partial charge in [0.05, 0.1) is 6.04 Å². The zero-order valence-electron chi connectivity index (χ0n) is 12.8. The number of nitrogens with zero attached hydrogens (tertiary/aromatic N) is 3. The molecule has 1 aromatic heterocycles. The smallest absolute Gasteiger partial charge is 0.128 e. The van der Waals surface area contributed by atoms with Crippen LogP contribution in [0.2, 0.25) is 0 Å². The molecule has 0 aromatic carbocycles. The lowest BCUT2D eigenvalue weighted by atomic mass is 9.96. The zero-order chi connectivity index (χ0) is 14.5. The summed E-state index contributed by atoms with van der Waals surface area (Å²) in [6, 6.07) is 4.72. The molecule has 1 saturated heterocycles. The third kappa shape index (κ3) is 3.48. The van der Waals surface area contributed by atoms with Crippen LogP contribution in [0.15, 0.2) is 18.3 Å². The number of piperazine rings is 1. The predicted molar refractivity (Wildman–Crippen MR) is 83.6 cm³/mol. The normalized spacial score (nSPS) is 22.9. The Hall–Kier alpha value is -1.17. The van der Waals surface area contributed by atoms with E-state index < -0.39 is 0 Å². The summed E-state index contributed by atoms with van der Waals surface area (Å²) in [6.45, 7) is 6.44. The second-order valence-corrected chi connectivity index (χ2v) is 5.72. The van der Waals surface area contributed by atoms with Gasteiger partial charge in [-0.25, -0.2) is 4.98 Å². The molecule has 0 aliphatic carbocycles. The number of aromatic nitrogens is 1. The van der Waals surface area contributed by atoms with Gasteiger partial charge in [-0.3, -0.25) is 4.90 Å². The first-order chi connectivity index (χ1) is 9.63. The molecule has 0 amide bonds. The van der Waals surface area contributed by atoms with Crippen LogP contribution in [0.5, 0.6) is 0 Å². The molecule has 1 aromatic rings. The minimum atomic E-state index is 0.233. The van der Waals surface area contributed by atoms with E-state index in [0.717, 1.165) is 38.2 Å². The molecule has 2 atom stereocenters. The first-order valence-corrected chi connectivity index (χ1v) is 7.46. The van der Waals surface area contributed by atoms with Crippen LogP contribution >= 0.6 is 0 Å². The molecule has 1 aliphatic rings. The van der Waals surface area contributed by atoms with Crippen molar-refractivity contribution in [1.82, 2.24) is 20.1 Å². The van der Waals surface area contributed by atoms with E-state index in [4.69, 9.17) is 5.73 Å². The highest BCUT2D eigenvalue weighted by Crippen LogP contribution is 2.26. The molecule has 2 rings (SSSR count). The molecule has 0 saturated carbocycles. The highest BCUT2D eigenvalue weighted by molar-refractivity contribution is 5.41. The van der Waals surface area contributed by atoms with Crippen molar-refractivity contribution in [1.29, 1.82) is 0 Å². The Balaban J connectivity index is 2.24. The summed E-state index contributed by atoms with van der Waals surface area (Å²) in [5.41, 5.74) is 7.22. The van der Waals surface area contributed by atoms with Crippen LogP contribution in [0.4, 0.5) is 5.82 Å². The molecular formula is C15H27N5. The average molecular weight is 277 g/mol. The Labute approximate surface area is 122 Å². The molecule has 5 heteroatoms. The Bertz CT molecular complexity index is 422. The fraction of sp³-hybridized carbons (Fsp3) is 0.667. The predicted octanol–water partition coefficient (Wildman–Crippen LogP) is 0.950. The molecule has 0 bridgehead atoms. The van der Waals surface area contributed by atoms with Gasteiger partial charge in [0.2, 0.25) is 0 Å². The van der Waals surface area contributed by atoms with Gasteiger partial charge in [-0.2, -0.15) is 0 Å². The number of likely N-dealkylation sites (N-methyl/N-ethyl adjacent to an activating group) is 2. The highest BCUT2D eigenvalue weighted by Gasteiger charge is 2.31. The summed E-state index contributed by atoms with van der Waals surface area (Å²) >= 11 is 0. The second-order valence-electron chi connectivity index (χ2n) is 5.72. The Morgan fingerprint density at radius 3 is 2.95 bits per heavy atom. The molecule has 2 heterocycles. The molecule has 1 fully saturated rings. The van der Waals surface area contributed by atoms with Crippen LogP contribution < -0.4 is 11.1 Å². The van der Waals surface area contributed by atoms with Crippen molar-refractivity contribution in [2.75, 3.05) is 46.0 Å². The Morgan fingerprint density at radius 2 is 2.25 bits per heavy atom. The van der Waals surface area contributed by atoms with Crippen LogP contribution in [-0.4, -0.2) is 61.1 Å². The molecular weight excluding hydrogens is 250 g/mol. The largest absolute Gasteiger partial charge is 0.383 e. The molecule has 1 aliphatic heterocycles. The van der Waals surface area contributed by atoms with Crippen LogP contribution in [0.3, 0.4) is 0 Å². The van der Waals surface area contributed by atoms with Crippen molar-refractivity contribution in [3.8, 4) is 0 Å². The third-order valence-electron chi connectivity index (χ3n) is 4.10. The van der Waals surface area contributed by atoms with E-state index >= 15 is 0 Å². The molecule has 20 heavy (non-hydrogen) atoms. The lowest BCUT2D eigenvalue weighted by Crippen LogP contribution is -2.55. The van der Waals surface area contributed by atoms with E-state index in [1.54, 1.807) is 6.20 Å². The van der Waals surface area contributed by atoms with Gasteiger partial charge in [-0.05, 0) is 33.1 Å². The van der Waals surface area contributed by atoms with Crippen molar-refractivity contribution in [3.05, 3.63) is 23.9 Å². The van der Waals surface area contributed by atoms with Crippen molar-refractivity contribution in [2.24, 2.45) is 0 Å². The number of hydrogen-bond donors (Lipinski definition) is 2. The third-order valence-corrected chi connectivity index (χ3v) is 4.10. The summed E-state index contributed by atoms with van der Waals surface area (Å²) in [6.07, 6.45) is 2.87. The Kier molecular flexibility index (Phi) is 5.34. The molecule has 2 unspecified atom stereocenters. The maximum absolute atomic E-state index is 6.10. The summed E-state index contributed by atoms with van der Waals surface area (Å²) < 4.78 is 0. The monoisotopic (exact) mass is 277 g/mol. The van der Waals surface area contributed by atoms with Gasteiger partial charge < -0.3 is 16.0 Å². The molecule has 0 radical (unpaired) electrons. The fourth-order valence-electron chi connectivity index (χ4n) is 2.85. The Morgan fingerprint density at radius 1 is 1.45 bits per heavy atom. The zero-order valence-corrected chi connectivity index (χ0v) is 12.8. The van der Waals surface area contributed by atoms with Crippen LogP contribution in [0.25, 0.3) is 0 Å². The lowest BCUT2D eigenvalue weighted by molar-refractivity contribution is 0.0877.